The third kappa shape index (κ3) is 24.0. The fourth-order valence-electron chi connectivity index (χ4n) is 10.9. The predicted octanol–water partition coefficient (Wildman–Crippen LogP) is 13.8. The molecule has 7 saturated heterocycles. The van der Waals surface area contributed by atoms with E-state index >= 15 is 0 Å². The lowest BCUT2D eigenvalue weighted by Crippen LogP contribution is -2.93. The molecule has 90 heavy (non-hydrogen) atoms. The molecule has 7 rings (SSSR count). The Bertz CT molecular complexity index is 2190. The second-order valence-electron chi connectivity index (χ2n) is 28.3. The van der Waals surface area contributed by atoms with Gasteiger partial charge >= 0.3 is 84.3 Å². The molecule has 1 atom stereocenters. The van der Waals surface area contributed by atoms with Gasteiger partial charge in [-0.25, -0.2) is 0 Å². The number of carbonyl (C=O) groups excluding carboxylic acids is 2. The first-order valence-corrected chi connectivity index (χ1v) is 72.9. The van der Waals surface area contributed by atoms with Crippen LogP contribution < -0.4 is 0 Å². The number of carbonyl (C=O) groups is 2. The van der Waals surface area contributed by atoms with Gasteiger partial charge in [-0.05, 0) is 204 Å². The van der Waals surface area contributed by atoms with Gasteiger partial charge in [-0.2, -0.15) is 0 Å². The largest absolute Gasteiger partial charge is 0.651 e. The fraction of sp³-hybridized carbons (Fsp3) is 0.955. The van der Waals surface area contributed by atoms with Crippen molar-refractivity contribution in [1.29, 1.82) is 0 Å². The first kappa shape index (κ1) is 82.8. The third-order valence-electron chi connectivity index (χ3n) is 14.9. The summed E-state index contributed by atoms with van der Waals surface area (Å²) in [4.78, 5) is 25.3. The van der Waals surface area contributed by atoms with Crippen LogP contribution in [0.5, 0.6) is 0 Å². The van der Waals surface area contributed by atoms with Gasteiger partial charge in [-0.15, -0.1) is 81.2 Å². The average molecular weight is 1690 g/mol. The van der Waals surface area contributed by atoms with Crippen molar-refractivity contribution in [2.45, 2.75) is 217 Å². The summed E-state index contributed by atoms with van der Waals surface area (Å²) in [5.41, 5.74) is 0. The molecule has 46 heteroatoms. The highest BCUT2D eigenvalue weighted by atomic mass is 35.5. The Morgan fingerprint density at radius 3 is 0.589 bits per heavy atom. The average Bonchev–Trinajstić information content (AvgIpc) is 0.727. The van der Waals surface area contributed by atoms with Crippen LogP contribution in [0.2, 0.25) is 153 Å². The standard InChI is InChI=1S/C44H99Cl7O23Si16/c1-75(2,33-17-25-42-41-43(52)54-44(42)53)55-83-63-84(56-76(3,4)34-18-26-45)66-87(59-79(9,10)37-21-29-48)68-85(64-83,57-77(5,6)35-19-27-46)70-89(61-81(13,14)39-23-31-50)71-86(65-83,58-78(7,8)36-20-28-47)69-88(67-84,60-80(11,12)38-22-30-49)73-90(72-87,74-89)62-82(15,16)40-24-32-51/h42H,17-41H2,1-16H3. The van der Waals surface area contributed by atoms with E-state index < -0.39 is 157 Å². The van der Waals surface area contributed by atoms with Crippen molar-refractivity contribution in [2.75, 3.05) is 41.2 Å². The molecule has 0 aromatic heterocycles. The van der Waals surface area contributed by atoms with Crippen molar-refractivity contribution in [2.24, 2.45) is 5.92 Å². The monoisotopic (exact) mass is 1690 g/mol. The predicted molar refractivity (Wildman–Crippen MR) is 382 cm³/mol. The summed E-state index contributed by atoms with van der Waals surface area (Å²) >= 11 is 45.7. The molecule has 7 aliphatic rings. The number of ether oxygens (including phenoxy) is 1. The van der Waals surface area contributed by atoms with Crippen LogP contribution in [0.3, 0.4) is 0 Å². The summed E-state index contributed by atoms with van der Waals surface area (Å²) < 4.78 is 161. The van der Waals surface area contributed by atoms with E-state index in [0.29, 0.717) is 147 Å². The molecule has 0 radical (unpaired) electrons. The second kappa shape index (κ2) is 32.7. The van der Waals surface area contributed by atoms with Crippen LogP contribution in [0, 0.1) is 5.92 Å². The van der Waals surface area contributed by atoms with Crippen LogP contribution in [0.15, 0.2) is 0 Å². The summed E-state index contributed by atoms with van der Waals surface area (Å²) in [5.74, 6) is 0.295. The molecular formula is C44H99Cl7O23Si16. The van der Waals surface area contributed by atoms with E-state index in [1.807, 2.05) is 105 Å². The zero-order valence-corrected chi connectivity index (χ0v) is 76.6. The van der Waals surface area contributed by atoms with E-state index in [9.17, 15) is 9.59 Å². The fourth-order valence-corrected chi connectivity index (χ4v) is 87.3. The number of rotatable bonds is 41. The zero-order valence-electron chi connectivity index (χ0n) is 55.3. The molecule has 7 fully saturated rings. The van der Waals surface area contributed by atoms with Crippen LogP contribution in [-0.2, 0) is 96.6 Å². The molecule has 0 aromatic rings. The molecule has 23 nitrogen and oxygen atoms in total. The molecular weight excluding hydrogens is 1590 g/mol. The topological polar surface area (TPSA) is 228 Å². The molecule has 7 aliphatic heterocycles. The Balaban J connectivity index is 1.89. The Kier molecular flexibility index (Phi) is 30.0. The quantitative estimate of drug-likeness (QED) is 0.0240. The SMILES string of the molecule is C[Si](C)(CCCCl)O[Si]12O[Si]3(O[Si](C)(C)CCCCl)O[Si]4(O[Si](C)(C)CCCCl)O[Si](O[Si](C)(C)CCCCl)(O1)O[Si]1(O[Si](C)(C)CCCCl)O[Si](O[Si](C)(C)CCCCl)(O2)O[Si](O[Si](C)(C)CCCCl)(O3)O[Si](O[Si](C)(C)CCCC2CC(=O)OC2=O)(O4)O1. The molecule has 8 bridgehead atoms. The summed E-state index contributed by atoms with van der Waals surface area (Å²) in [6, 6.07) is 3.50. The van der Waals surface area contributed by atoms with E-state index in [-0.39, 0.29) is 6.42 Å². The maximum atomic E-state index is 12.9. The van der Waals surface area contributed by atoms with Crippen LogP contribution in [0.25, 0.3) is 0 Å². The lowest BCUT2D eigenvalue weighted by atomic mass is 10.0. The summed E-state index contributed by atoms with van der Waals surface area (Å²) in [7, 11) is -70.4. The van der Waals surface area contributed by atoms with E-state index in [2.05, 4.69) is 0 Å². The number of cyclic esters (lactones) is 2. The molecule has 0 aliphatic carbocycles. The van der Waals surface area contributed by atoms with Gasteiger partial charge in [0.2, 0.25) is 0 Å². The third-order valence-corrected chi connectivity index (χ3v) is 78.9. The van der Waals surface area contributed by atoms with Gasteiger partial charge < -0.3 is 87.0 Å². The molecule has 0 amide bonds. The van der Waals surface area contributed by atoms with Crippen LogP contribution in [0.1, 0.15) is 64.2 Å². The van der Waals surface area contributed by atoms with Crippen LogP contribution >= 0.6 is 81.2 Å². The van der Waals surface area contributed by atoms with Crippen molar-refractivity contribution in [3.05, 3.63) is 0 Å². The minimum Gasteiger partial charge on any atom is -0.395 e. The maximum Gasteiger partial charge on any atom is 0.651 e. The van der Waals surface area contributed by atoms with Gasteiger partial charge in [0, 0.05) is 41.2 Å². The summed E-state index contributed by atoms with van der Waals surface area (Å²) in [6.07, 6.45) is 4.31. The molecule has 0 saturated carbocycles. The Labute approximate surface area is 587 Å². The number of hydrogen-bond acceptors (Lipinski definition) is 23. The Morgan fingerprint density at radius 2 is 0.456 bits per heavy atom. The number of halogens is 7. The van der Waals surface area contributed by atoms with Crippen molar-refractivity contribution >= 4 is 232 Å². The number of esters is 2. The van der Waals surface area contributed by atoms with Gasteiger partial charge in [-0.3, -0.25) is 9.59 Å². The molecule has 526 valence electrons. The van der Waals surface area contributed by atoms with Gasteiger partial charge in [-0.1, -0.05) is 6.42 Å². The van der Waals surface area contributed by atoms with Crippen molar-refractivity contribution < 1.29 is 96.6 Å². The Morgan fingerprint density at radius 1 is 0.300 bits per heavy atom. The Hall–Kier alpha value is 3.84. The van der Waals surface area contributed by atoms with Gasteiger partial charge in [0.15, 0.2) is 66.5 Å². The highest BCUT2D eigenvalue weighted by Crippen LogP contribution is 2.54. The lowest BCUT2D eigenvalue weighted by Gasteiger charge is -2.61. The minimum atomic E-state index is -5.56. The van der Waals surface area contributed by atoms with Gasteiger partial charge in [0.25, 0.3) is 0 Å². The van der Waals surface area contributed by atoms with Crippen molar-refractivity contribution in [3.8, 4) is 0 Å². The smallest absolute Gasteiger partial charge is 0.395 e. The molecule has 0 aromatic carbocycles. The minimum absolute atomic E-state index is 0.0431. The molecule has 1 unspecified atom stereocenters. The van der Waals surface area contributed by atoms with Gasteiger partial charge in [0.05, 0.1) is 12.3 Å². The number of alkyl halides is 7. The summed E-state index contributed by atoms with van der Waals surface area (Å²) in [5, 5.41) is 0. The zero-order chi connectivity index (χ0) is 67.3. The van der Waals surface area contributed by atoms with Gasteiger partial charge in [0.1, 0.15) is 0 Å². The highest BCUT2D eigenvalue weighted by Gasteiger charge is 2.92. The first-order chi connectivity index (χ1) is 41.4. The normalized spacial score (nSPS) is 32.1. The van der Waals surface area contributed by atoms with E-state index in [1.54, 1.807) is 0 Å². The van der Waals surface area contributed by atoms with E-state index in [0.717, 1.165) is 0 Å². The second-order valence-corrected chi connectivity index (χ2v) is 87.4. The van der Waals surface area contributed by atoms with Crippen LogP contribution in [0.4, 0.5) is 0 Å². The lowest BCUT2D eigenvalue weighted by molar-refractivity contribution is -0.153. The van der Waals surface area contributed by atoms with Crippen LogP contribution in [-0.4, -0.2) is 192 Å². The number of hydrogen-bond donors (Lipinski definition) is 0. The van der Waals surface area contributed by atoms with E-state index in [4.69, 9.17) is 168 Å². The molecule has 7 heterocycles. The first-order valence-electron chi connectivity index (χ1n) is 31.1. The van der Waals surface area contributed by atoms with Crippen molar-refractivity contribution in [3.63, 3.8) is 0 Å². The maximum absolute atomic E-state index is 12.9. The van der Waals surface area contributed by atoms with E-state index in [1.165, 1.54) is 0 Å². The summed E-state index contributed by atoms with van der Waals surface area (Å²) in [6.45, 7) is 31.6. The molecule has 0 spiro atoms. The molecule has 0 N–H and O–H groups in total. The van der Waals surface area contributed by atoms with Crippen molar-refractivity contribution in [1.82, 2.24) is 0 Å². The highest BCUT2D eigenvalue weighted by molar-refractivity contribution is 7.04.